The van der Waals surface area contributed by atoms with Gasteiger partial charge in [0.05, 0.1) is 24.2 Å². The molecule has 3 heterocycles. The normalized spacial score (nSPS) is 10.9. The van der Waals surface area contributed by atoms with Crippen molar-refractivity contribution >= 4 is 28.8 Å². The topological polar surface area (TPSA) is 59.5 Å². The molecule has 5 nitrogen and oxygen atoms in total. The first-order chi connectivity index (χ1) is 13.2. The number of carbonyl (C=O) groups excluding carboxylic acids is 1. The lowest BCUT2D eigenvalue weighted by atomic mass is 10.2. The van der Waals surface area contributed by atoms with Gasteiger partial charge in [-0.05, 0) is 47.8 Å². The zero-order valence-electron chi connectivity index (χ0n) is 14.2. The van der Waals surface area contributed by atoms with Crippen molar-refractivity contribution in [1.82, 2.24) is 10.1 Å². The molecule has 0 aliphatic carbocycles. The third-order valence-electron chi connectivity index (χ3n) is 3.98. The van der Waals surface area contributed by atoms with Crippen molar-refractivity contribution in [1.29, 1.82) is 0 Å². The summed E-state index contributed by atoms with van der Waals surface area (Å²) in [6.45, 7) is 0.632. The minimum Gasteiger partial charge on any atom is -0.467 e. The van der Waals surface area contributed by atoms with Crippen LogP contribution in [0.1, 0.15) is 21.8 Å². The van der Waals surface area contributed by atoms with Gasteiger partial charge in [0.15, 0.2) is 5.76 Å². The molecule has 0 aliphatic rings. The lowest BCUT2D eigenvalue weighted by Crippen LogP contribution is -2.30. The number of thiophene rings is 1. The highest BCUT2D eigenvalue weighted by Crippen LogP contribution is 2.26. The van der Waals surface area contributed by atoms with Crippen LogP contribution in [0, 0.1) is 0 Å². The zero-order chi connectivity index (χ0) is 18.6. The molecule has 0 saturated heterocycles. The maximum absolute atomic E-state index is 13.0. The molecule has 0 aliphatic heterocycles. The molecule has 3 aromatic heterocycles. The fourth-order valence-corrected chi connectivity index (χ4v) is 3.48. The number of furan rings is 1. The largest absolute Gasteiger partial charge is 0.467 e. The predicted molar refractivity (Wildman–Crippen MR) is 104 cm³/mol. The monoisotopic (exact) mass is 398 g/mol. The second-order valence-corrected chi connectivity index (χ2v) is 7.29. The lowest BCUT2D eigenvalue weighted by Gasteiger charge is -2.20. The van der Waals surface area contributed by atoms with Gasteiger partial charge in [-0.3, -0.25) is 4.79 Å². The van der Waals surface area contributed by atoms with E-state index in [0.29, 0.717) is 40.9 Å². The predicted octanol–water partition coefficient (Wildman–Crippen LogP) is 5.49. The van der Waals surface area contributed by atoms with Crippen LogP contribution < -0.4 is 0 Å². The molecule has 1 aromatic carbocycles. The van der Waals surface area contributed by atoms with E-state index in [2.05, 4.69) is 5.16 Å². The Kier molecular flexibility index (Phi) is 5.09. The van der Waals surface area contributed by atoms with E-state index in [-0.39, 0.29) is 5.91 Å². The van der Waals surface area contributed by atoms with Gasteiger partial charge in [-0.1, -0.05) is 22.8 Å². The number of nitrogens with zero attached hydrogens (tertiary/aromatic N) is 2. The fraction of sp³-hybridized carbons (Fsp3) is 0.100. The van der Waals surface area contributed by atoms with Crippen molar-refractivity contribution in [2.75, 3.05) is 0 Å². The van der Waals surface area contributed by atoms with Crippen LogP contribution in [0.15, 0.2) is 75.2 Å². The van der Waals surface area contributed by atoms with Gasteiger partial charge in [0, 0.05) is 16.7 Å². The van der Waals surface area contributed by atoms with Gasteiger partial charge in [0.1, 0.15) is 11.5 Å². The molecule has 7 heteroatoms. The van der Waals surface area contributed by atoms with Gasteiger partial charge in [-0.2, -0.15) is 0 Å². The van der Waals surface area contributed by atoms with Crippen LogP contribution >= 0.6 is 22.9 Å². The van der Waals surface area contributed by atoms with E-state index in [4.69, 9.17) is 20.5 Å². The molecule has 0 atom stereocenters. The SMILES string of the molecule is O=C(c1ccc(Cl)cc1)N(Cc1cc(-c2cccs2)on1)Cc1ccco1. The summed E-state index contributed by atoms with van der Waals surface area (Å²) < 4.78 is 10.8. The van der Waals surface area contributed by atoms with Gasteiger partial charge in [0.25, 0.3) is 5.91 Å². The Balaban J connectivity index is 1.58. The van der Waals surface area contributed by atoms with Gasteiger partial charge in [-0.25, -0.2) is 0 Å². The molecule has 136 valence electrons. The molecule has 0 saturated carbocycles. The maximum atomic E-state index is 13.0. The molecule has 0 N–H and O–H groups in total. The van der Waals surface area contributed by atoms with E-state index >= 15 is 0 Å². The second kappa shape index (κ2) is 7.82. The van der Waals surface area contributed by atoms with Crippen LogP contribution in [0.3, 0.4) is 0 Å². The Morgan fingerprint density at radius 1 is 1.11 bits per heavy atom. The molecule has 27 heavy (non-hydrogen) atoms. The summed E-state index contributed by atoms with van der Waals surface area (Å²) in [7, 11) is 0. The number of benzene rings is 1. The van der Waals surface area contributed by atoms with Crippen LogP contribution in [0.5, 0.6) is 0 Å². The van der Waals surface area contributed by atoms with Crippen molar-refractivity contribution in [3.63, 3.8) is 0 Å². The Morgan fingerprint density at radius 2 is 1.96 bits per heavy atom. The summed E-state index contributed by atoms with van der Waals surface area (Å²) in [4.78, 5) is 15.7. The Morgan fingerprint density at radius 3 is 2.67 bits per heavy atom. The number of hydrogen-bond donors (Lipinski definition) is 0. The number of rotatable bonds is 6. The van der Waals surface area contributed by atoms with Gasteiger partial charge >= 0.3 is 0 Å². The third kappa shape index (κ3) is 4.13. The van der Waals surface area contributed by atoms with Crippen molar-refractivity contribution in [2.24, 2.45) is 0 Å². The molecule has 4 aromatic rings. The van der Waals surface area contributed by atoms with Crippen LogP contribution in [-0.2, 0) is 13.1 Å². The molecular formula is C20H15ClN2O3S. The van der Waals surface area contributed by atoms with E-state index < -0.39 is 0 Å². The third-order valence-corrected chi connectivity index (χ3v) is 5.12. The Hall–Kier alpha value is -2.83. The fourth-order valence-electron chi connectivity index (χ4n) is 2.68. The quantitative estimate of drug-likeness (QED) is 0.430. The molecular weight excluding hydrogens is 384 g/mol. The van der Waals surface area contributed by atoms with E-state index in [1.807, 2.05) is 29.6 Å². The summed E-state index contributed by atoms with van der Waals surface area (Å²) in [6.07, 6.45) is 1.59. The van der Waals surface area contributed by atoms with Crippen LogP contribution in [0.25, 0.3) is 10.6 Å². The Bertz CT molecular complexity index is 1010. The summed E-state index contributed by atoms with van der Waals surface area (Å²) in [5.41, 5.74) is 1.22. The average molecular weight is 399 g/mol. The van der Waals surface area contributed by atoms with E-state index in [0.717, 1.165) is 4.88 Å². The highest BCUT2D eigenvalue weighted by atomic mass is 35.5. The second-order valence-electron chi connectivity index (χ2n) is 5.91. The number of aromatic nitrogens is 1. The standard InChI is InChI=1S/C20H15ClN2O3S/c21-15-7-5-14(6-8-15)20(24)23(13-17-3-1-9-25-17)12-16-11-18(26-22-16)19-4-2-10-27-19/h1-11H,12-13H2. The van der Waals surface area contributed by atoms with Crippen LogP contribution in [0.4, 0.5) is 0 Å². The van der Waals surface area contributed by atoms with Crippen molar-refractivity contribution in [2.45, 2.75) is 13.1 Å². The highest BCUT2D eigenvalue weighted by Gasteiger charge is 2.20. The summed E-state index contributed by atoms with van der Waals surface area (Å²) in [6, 6.07) is 16.2. The first-order valence-corrected chi connectivity index (χ1v) is 9.51. The van der Waals surface area contributed by atoms with Crippen molar-refractivity contribution in [3.05, 3.63) is 88.3 Å². The van der Waals surface area contributed by atoms with E-state index in [1.165, 1.54) is 0 Å². The number of amides is 1. The minimum absolute atomic E-state index is 0.135. The molecule has 0 bridgehead atoms. The van der Waals surface area contributed by atoms with Crippen LogP contribution in [0.2, 0.25) is 5.02 Å². The van der Waals surface area contributed by atoms with Crippen molar-refractivity contribution < 1.29 is 13.7 Å². The number of halogens is 1. The maximum Gasteiger partial charge on any atom is 0.254 e. The van der Waals surface area contributed by atoms with Crippen LogP contribution in [-0.4, -0.2) is 16.0 Å². The molecule has 1 amide bonds. The summed E-state index contributed by atoms with van der Waals surface area (Å²) in [5.74, 6) is 1.25. The first-order valence-electron chi connectivity index (χ1n) is 8.26. The Labute approximate surface area is 164 Å². The minimum atomic E-state index is -0.135. The molecule has 0 spiro atoms. The molecule has 4 rings (SSSR count). The zero-order valence-corrected chi connectivity index (χ0v) is 15.7. The molecule has 0 radical (unpaired) electrons. The average Bonchev–Trinajstić information content (AvgIpc) is 3.43. The summed E-state index contributed by atoms with van der Waals surface area (Å²) >= 11 is 7.51. The van der Waals surface area contributed by atoms with Gasteiger partial charge in [-0.15, -0.1) is 11.3 Å². The molecule has 0 fully saturated rings. The highest BCUT2D eigenvalue weighted by molar-refractivity contribution is 7.13. The van der Waals surface area contributed by atoms with Crippen molar-refractivity contribution in [3.8, 4) is 10.6 Å². The lowest BCUT2D eigenvalue weighted by molar-refractivity contribution is 0.0714. The van der Waals surface area contributed by atoms with Gasteiger partial charge in [0.2, 0.25) is 0 Å². The first kappa shape index (κ1) is 17.6. The smallest absolute Gasteiger partial charge is 0.254 e. The summed E-state index contributed by atoms with van der Waals surface area (Å²) in [5, 5.41) is 6.68. The molecule has 0 unspecified atom stereocenters. The van der Waals surface area contributed by atoms with E-state index in [1.54, 1.807) is 52.8 Å². The van der Waals surface area contributed by atoms with Gasteiger partial charge < -0.3 is 13.8 Å². The number of hydrogen-bond acceptors (Lipinski definition) is 5. The number of carbonyl (C=O) groups is 1. The van der Waals surface area contributed by atoms with E-state index in [9.17, 15) is 4.79 Å².